The van der Waals surface area contributed by atoms with E-state index in [1.807, 2.05) is 0 Å². The van der Waals surface area contributed by atoms with Gasteiger partial charge in [0.05, 0.1) is 11.8 Å². The summed E-state index contributed by atoms with van der Waals surface area (Å²) < 4.78 is 38.7. The van der Waals surface area contributed by atoms with Crippen LogP contribution in [0.25, 0.3) is 0 Å². The highest BCUT2D eigenvalue weighted by molar-refractivity contribution is 5.79. The van der Waals surface area contributed by atoms with Crippen LogP contribution in [0, 0.1) is 13.8 Å². The number of hydrogen-bond donors (Lipinski definition) is 0. The Morgan fingerprint density at radius 1 is 1.05 bits per heavy atom. The molecule has 7 heteroatoms. The number of alkyl halides is 3. The summed E-state index contributed by atoms with van der Waals surface area (Å²) in [6.07, 6.45) is -2.86. The van der Waals surface area contributed by atoms with Crippen LogP contribution in [-0.2, 0) is 6.18 Å². The molecule has 1 aromatic heterocycles. The molecule has 0 radical (unpaired) electrons. The van der Waals surface area contributed by atoms with E-state index in [2.05, 4.69) is 15.3 Å². The molecule has 1 aromatic carbocycles. The van der Waals surface area contributed by atoms with Crippen molar-refractivity contribution in [2.75, 3.05) is 0 Å². The zero-order valence-corrected chi connectivity index (χ0v) is 10.3. The van der Waals surface area contributed by atoms with Gasteiger partial charge in [0.25, 0.3) is 0 Å². The number of aryl methyl sites for hydroxylation is 2. The minimum Gasteiger partial charge on any atom is -0.202 e. The Bertz CT molecular complexity index is 577. The van der Waals surface area contributed by atoms with Crippen molar-refractivity contribution in [1.29, 1.82) is 0 Å². The molecule has 0 unspecified atom stereocenters. The molecule has 0 aliphatic carbocycles. The summed E-state index contributed by atoms with van der Waals surface area (Å²) >= 11 is 0. The van der Waals surface area contributed by atoms with E-state index in [-0.39, 0.29) is 0 Å². The molecular weight excluding hydrogens is 257 g/mol. The maximum Gasteiger partial charge on any atom is 0.416 e. The Labute approximate surface area is 107 Å². The lowest BCUT2D eigenvalue weighted by Gasteiger charge is -2.05. The molecule has 0 N–H and O–H groups in total. The average Bonchev–Trinajstić information content (AvgIpc) is 2.66. The van der Waals surface area contributed by atoms with E-state index in [9.17, 15) is 13.2 Å². The van der Waals surface area contributed by atoms with Gasteiger partial charge in [-0.2, -0.15) is 18.3 Å². The molecule has 0 atom stereocenters. The van der Waals surface area contributed by atoms with Crippen LogP contribution < -0.4 is 0 Å². The van der Waals surface area contributed by atoms with E-state index in [1.165, 1.54) is 23.0 Å². The Balaban J connectivity index is 2.21. The quantitative estimate of drug-likeness (QED) is 0.786. The van der Waals surface area contributed by atoms with Gasteiger partial charge in [0.15, 0.2) is 11.6 Å². The van der Waals surface area contributed by atoms with Crippen LogP contribution in [0.4, 0.5) is 13.2 Å². The van der Waals surface area contributed by atoms with Crippen LogP contribution in [0.15, 0.2) is 29.4 Å². The first-order valence-electron chi connectivity index (χ1n) is 5.48. The van der Waals surface area contributed by atoms with E-state index in [0.717, 1.165) is 12.1 Å². The van der Waals surface area contributed by atoms with Gasteiger partial charge in [0, 0.05) is 0 Å². The molecule has 19 heavy (non-hydrogen) atoms. The third kappa shape index (κ3) is 2.98. The summed E-state index contributed by atoms with van der Waals surface area (Å²) in [6.45, 7) is 3.48. The van der Waals surface area contributed by atoms with Crippen molar-refractivity contribution in [2.24, 2.45) is 5.10 Å². The molecule has 0 amide bonds. The first-order chi connectivity index (χ1) is 8.88. The number of rotatable bonds is 2. The molecule has 0 aliphatic rings. The van der Waals surface area contributed by atoms with Crippen molar-refractivity contribution >= 4 is 6.21 Å². The summed E-state index contributed by atoms with van der Waals surface area (Å²) in [4.78, 5) is 0. The SMILES string of the molecule is Cc1nnc(C)n1/N=C/c1ccc(C(F)(F)F)cc1. The fraction of sp³-hybridized carbons (Fsp3) is 0.250. The highest BCUT2D eigenvalue weighted by Crippen LogP contribution is 2.28. The molecule has 1 heterocycles. The summed E-state index contributed by atoms with van der Waals surface area (Å²) in [6, 6.07) is 4.77. The van der Waals surface area contributed by atoms with Gasteiger partial charge in [-0.3, -0.25) is 0 Å². The second-order valence-electron chi connectivity index (χ2n) is 3.97. The predicted octanol–water partition coefficient (Wildman–Crippen LogP) is 2.80. The second-order valence-corrected chi connectivity index (χ2v) is 3.97. The van der Waals surface area contributed by atoms with Crippen LogP contribution >= 0.6 is 0 Å². The normalized spacial score (nSPS) is 12.3. The molecule has 0 saturated heterocycles. The van der Waals surface area contributed by atoms with Gasteiger partial charge in [-0.15, -0.1) is 10.2 Å². The van der Waals surface area contributed by atoms with Crippen molar-refractivity contribution in [3.63, 3.8) is 0 Å². The lowest BCUT2D eigenvalue weighted by molar-refractivity contribution is -0.137. The van der Waals surface area contributed by atoms with Gasteiger partial charge >= 0.3 is 6.18 Å². The van der Waals surface area contributed by atoms with Crippen molar-refractivity contribution in [2.45, 2.75) is 20.0 Å². The molecule has 100 valence electrons. The number of nitrogens with zero attached hydrogens (tertiary/aromatic N) is 4. The van der Waals surface area contributed by atoms with Gasteiger partial charge in [-0.1, -0.05) is 12.1 Å². The third-order valence-electron chi connectivity index (χ3n) is 2.51. The summed E-state index contributed by atoms with van der Waals surface area (Å²) in [5.41, 5.74) is -0.109. The Kier molecular flexibility index (Phi) is 3.37. The zero-order chi connectivity index (χ0) is 14.0. The molecule has 0 bridgehead atoms. The fourth-order valence-electron chi connectivity index (χ4n) is 1.51. The van der Waals surface area contributed by atoms with Gasteiger partial charge in [0.2, 0.25) is 0 Å². The Morgan fingerprint density at radius 3 is 2.05 bits per heavy atom. The highest BCUT2D eigenvalue weighted by atomic mass is 19.4. The van der Waals surface area contributed by atoms with Gasteiger partial charge in [-0.05, 0) is 31.5 Å². The molecule has 0 fully saturated rings. The minimum atomic E-state index is -4.32. The standard InChI is InChI=1S/C12H11F3N4/c1-8-17-18-9(2)19(8)16-7-10-3-5-11(6-4-10)12(13,14)15/h3-7H,1-2H3/b16-7+. The van der Waals surface area contributed by atoms with Crippen molar-refractivity contribution < 1.29 is 13.2 Å². The first-order valence-corrected chi connectivity index (χ1v) is 5.48. The molecule has 4 nitrogen and oxygen atoms in total. The van der Waals surface area contributed by atoms with E-state index in [1.54, 1.807) is 13.8 Å². The smallest absolute Gasteiger partial charge is 0.202 e. The van der Waals surface area contributed by atoms with E-state index >= 15 is 0 Å². The van der Waals surface area contributed by atoms with Crippen LogP contribution in [0.3, 0.4) is 0 Å². The van der Waals surface area contributed by atoms with Gasteiger partial charge in [0.1, 0.15) is 0 Å². The lowest BCUT2D eigenvalue weighted by Crippen LogP contribution is -2.04. The molecule has 0 aliphatic heterocycles. The predicted molar refractivity (Wildman–Crippen MR) is 63.9 cm³/mol. The molecule has 0 saturated carbocycles. The van der Waals surface area contributed by atoms with E-state index in [0.29, 0.717) is 17.2 Å². The fourth-order valence-corrected chi connectivity index (χ4v) is 1.51. The maximum absolute atomic E-state index is 12.4. The molecule has 2 aromatic rings. The second kappa shape index (κ2) is 4.83. The van der Waals surface area contributed by atoms with Crippen LogP contribution in [0.2, 0.25) is 0 Å². The van der Waals surface area contributed by atoms with E-state index < -0.39 is 11.7 Å². The topological polar surface area (TPSA) is 43.1 Å². The van der Waals surface area contributed by atoms with Gasteiger partial charge < -0.3 is 0 Å². The number of hydrogen-bond acceptors (Lipinski definition) is 3. The summed E-state index contributed by atoms with van der Waals surface area (Å²) in [5, 5.41) is 11.8. The molecular formula is C12H11F3N4. The van der Waals surface area contributed by atoms with E-state index in [4.69, 9.17) is 0 Å². The highest BCUT2D eigenvalue weighted by Gasteiger charge is 2.29. The lowest BCUT2D eigenvalue weighted by atomic mass is 10.1. The van der Waals surface area contributed by atoms with Crippen LogP contribution in [0.5, 0.6) is 0 Å². The maximum atomic E-state index is 12.4. The Morgan fingerprint density at radius 2 is 1.58 bits per heavy atom. The van der Waals surface area contributed by atoms with Crippen molar-refractivity contribution in [1.82, 2.24) is 14.9 Å². The summed E-state index contributed by atoms with van der Waals surface area (Å²) in [5.74, 6) is 1.22. The average molecular weight is 268 g/mol. The van der Waals surface area contributed by atoms with Crippen molar-refractivity contribution in [3.8, 4) is 0 Å². The number of aromatic nitrogens is 3. The summed E-state index contributed by atoms with van der Waals surface area (Å²) in [7, 11) is 0. The van der Waals surface area contributed by atoms with Crippen LogP contribution in [0.1, 0.15) is 22.8 Å². The molecule has 0 spiro atoms. The van der Waals surface area contributed by atoms with Crippen LogP contribution in [-0.4, -0.2) is 21.1 Å². The monoisotopic (exact) mass is 268 g/mol. The van der Waals surface area contributed by atoms with Gasteiger partial charge in [-0.25, -0.2) is 4.68 Å². The Hall–Kier alpha value is -2.18. The number of halogens is 3. The molecule has 2 rings (SSSR count). The first kappa shape index (κ1) is 13.3. The number of benzene rings is 1. The van der Waals surface area contributed by atoms with Crippen molar-refractivity contribution in [3.05, 3.63) is 47.0 Å². The largest absolute Gasteiger partial charge is 0.416 e. The minimum absolute atomic E-state index is 0.570. The zero-order valence-electron chi connectivity index (χ0n) is 10.3. The third-order valence-corrected chi connectivity index (χ3v) is 2.51.